The van der Waals surface area contributed by atoms with Crippen molar-refractivity contribution in [2.24, 2.45) is 0 Å². The van der Waals surface area contributed by atoms with Gasteiger partial charge in [-0.1, -0.05) is 30.9 Å². The second kappa shape index (κ2) is 4.97. The van der Waals surface area contributed by atoms with Gasteiger partial charge in [0.2, 0.25) is 0 Å². The maximum atomic E-state index is 13.8. The number of rotatable bonds is 3. The molecule has 2 nitrogen and oxygen atoms in total. The minimum absolute atomic E-state index is 0.219. The van der Waals surface area contributed by atoms with Crippen molar-refractivity contribution in [3.05, 3.63) is 60.4 Å². The summed E-state index contributed by atoms with van der Waals surface area (Å²) >= 11 is 0. The molecule has 0 bridgehead atoms. The Bertz CT molecular complexity index is 716. The Morgan fingerprint density at radius 1 is 1.11 bits per heavy atom. The molecule has 0 atom stereocenters. The number of sulfone groups is 1. The molecular weight excluding hydrogens is 263 g/mol. The Balaban J connectivity index is 2.51. The van der Waals surface area contributed by atoms with Crippen LogP contribution < -0.4 is 0 Å². The van der Waals surface area contributed by atoms with E-state index in [-0.39, 0.29) is 10.7 Å². The zero-order valence-corrected chi connectivity index (χ0v) is 11.2. The molecule has 2 aromatic rings. The summed E-state index contributed by atoms with van der Waals surface area (Å²) in [6, 6.07) is 10.8. The lowest BCUT2D eigenvalue weighted by atomic mass is 10.0. The molecule has 0 aliphatic carbocycles. The highest BCUT2D eigenvalue weighted by Crippen LogP contribution is 2.25. The zero-order chi connectivity index (χ0) is 14.0. The topological polar surface area (TPSA) is 34.1 Å². The summed E-state index contributed by atoms with van der Waals surface area (Å²) in [5.74, 6) is -0.349. The summed E-state index contributed by atoms with van der Waals surface area (Å²) in [6.07, 6.45) is 2.77. The Kier molecular flexibility index (Phi) is 3.53. The molecule has 98 valence electrons. The average Bonchev–Trinajstić information content (AvgIpc) is 2.38. The first kappa shape index (κ1) is 13.5. The lowest BCUT2D eigenvalue weighted by Crippen LogP contribution is -1.96. The van der Waals surface area contributed by atoms with Gasteiger partial charge in [-0.2, -0.15) is 0 Å². The standard InChI is InChI=1S/C15H13FO2S/c1-3-11-4-9-15(16)14(10-11)12-5-7-13(8-6-12)19(2,17)18/h3-10H,1H2,2H3. The van der Waals surface area contributed by atoms with Crippen LogP contribution in [0.2, 0.25) is 0 Å². The van der Waals surface area contributed by atoms with Gasteiger partial charge < -0.3 is 0 Å². The van der Waals surface area contributed by atoms with Crippen LogP contribution in [0.3, 0.4) is 0 Å². The number of hydrogen-bond acceptors (Lipinski definition) is 2. The van der Waals surface area contributed by atoms with Crippen LogP contribution in [0.4, 0.5) is 4.39 Å². The molecule has 0 fully saturated rings. The van der Waals surface area contributed by atoms with Crippen molar-refractivity contribution in [2.75, 3.05) is 6.26 Å². The number of benzene rings is 2. The molecule has 0 radical (unpaired) electrons. The molecule has 0 spiro atoms. The highest BCUT2D eigenvalue weighted by molar-refractivity contribution is 7.90. The first-order valence-corrected chi connectivity index (χ1v) is 7.53. The lowest BCUT2D eigenvalue weighted by Gasteiger charge is -2.06. The molecule has 0 aliphatic heterocycles. The molecule has 0 saturated heterocycles. The fraction of sp³-hybridized carbons (Fsp3) is 0.0667. The van der Waals surface area contributed by atoms with Crippen molar-refractivity contribution in [1.29, 1.82) is 0 Å². The second-order valence-electron chi connectivity index (χ2n) is 4.24. The third-order valence-corrected chi connectivity index (χ3v) is 3.95. The van der Waals surface area contributed by atoms with E-state index in [0.29, 0.717) is 11.1 Å². The summed E-state index contributed by atoms with van der Waals surface area (Å²) in [4.78, 5) is 0.219. The molecule has 0 N–H and O–H groups in total. The first-order valence-electron chi connectivity index (χ1n) is 5.64. The number of halogens is 1. The molecule has 0 aliphatic rings. The summed E-state index contributed by atoms with van der Waals surface area (Å²) in [5.41, 5.74) is 1.87. The van der Waals surface area contributed by atoms with E-state index >= 15 is 0 Å². The van der Waals surface area contributed by atoms with Crippen LogP contribution in [0.5, 0.6) is 0 Å². The van der Waals surface area contributed by atoms with E-state index in [4.69, 9.17) is 0 Å². The SMILES string of the molecule is C=Cc1ccc(F)c(-c2ccc(S(C)(=O)=O)cc2)c1. The van der Waals surface area contributed by atoms with Crippen LogP contribution in [0, 0.1) is 5.82 Å². The van der Waals surface area contributed by atoms with Gasteiger partial charge in [0.25, 0.3) is 0 Å². The third-order valence-electron chi connectivity index (χ3n) is 2.82. The lowest BCUT2D eigenvalue weighted by molar-refractivity contribution is 0.602. The molecule has 0 amide bonds. The molecular formula is C15H13FO2S. The van der Waals surface area contributed by atoms with Crippen molar-refractivity contribution in [3.63, 3.8) is 0 Å². The van der Waals surface area contributed by atoms with Crippen LogP contribution in [-0.2, 0) is 9.84 Å². The van der Waals surface area contributed by atoms with Gasteiger partial charge in [0.15, 0.2) is 9.84 Å². The van der Waals surface area contributed by atoms with Gasteiger partial charge in [-0.25, -0.2) is 12.8 Å². The Morgan fingerprint density at radius 2 is 1.74 bits per heavy atom. The van der Waals surface area contributed by atoms with E-state index in [9.17, 15) is 12.8 Å². The fourth-order valence-electron chi connectivity index (χ4n) is 1.77. The van der Waals surface area contributed by atoms with Gasteiger partial charge in [-0.05, 0) is 35.4 Å². The third kappa shape index (κ3) is 2.90. The van der Waals surface area contributed by atoms with Crippen molar-refractivity contribution in [2.45, 2.75) is 4.90 Å². The molecule has 2 aromatic carbocycles. The van der Waals surface area contributed by atoms with Crippen LogP contribution in [0.15, 0.2) is 53.9 Å². The largest absolute Gasteiger partial charge is 0.224 e. The molecule has 0 unspecified atom stereocenters. The van der Waals surface area contributed by atoms with Crippen molar-refractivity contribution in [3.8, 4) is 11.1 Å². The Labute approximate surface area is 112 Å². The maximum Gasteiger partial charge on any atom is 0.175 e. The summed E-state index contributed by atoms with van der Waals surface area (Å²) in [7, 11) is -3.23. The summed E-state index contributed by atoms with van der Waals surface area (Å²) < 4.78 is 36.5. The fourth-order valence-corrected chi connectivity index (χ4v) is 2.40. The average molecular weight is 276 g/mol. The second-order valence-corrected chi connectivity index (χ2v) is 6.26. The number of hydrogen-bond donors (Lipinski definition) is 0. The normalized spacial score (nSPS) is 11.3. The van der Waals surface area contributed by atoms with Gasteiger partial charge in [0, 0.05) is 11.8 Å². The smallest absolute Gasteiger partial charge is 0.175 e. The molecule has 19 heavy (non-hydrogen) atoms. The quantitative estimate of drug-likeness (QED) is 0.859. The van der Waals surface area contributed by atoms with Crippen LogP contribution in [0.1, 0.15) is 5.56 Å². The highest BCUT2D eigenvalue weighted by Gasteiger charge is 2.09. The first-order chi connectivity index (χ1) is 8.91. The van der Waals surface area contributed by atoms with E-state index in [0.717, 1.165) is 11.8 Å². The van der Waals surface area contributed by atoms with Gasteiger partial charge >= 0.3 is 0 Å². The minimum atomic E-state index is -3.23. The van der Waals surface area contributed by atoms with E-state index in [1.54, 1.807) is 30.3 Å². The van der Waals surface area contributed by atoms with E-state index in [2.05, 4.69) is 6.58 Å². The molecule has 2 rings (SSSR count). The Hall–Kier alpha value is -1.94. The van der Waals surface area contributed by atoms with E-state index in [1.807, 2.05) is 0 Å². The Morgan fingerprint density at radius 3 is 2.26 bits per heavy atom. The zero-order valence-electron chi connectivity index (χ0n) is 10.4. The van der Waals surface area contributed by atoms with Gasteiger partial charge in [0.05, 0.1) is 4.90 Å². The van der Waals surface area contributed by atoms with Crippen LogP contribution >= 0.6 is 0 Å². The molecule has 0 heterocycles. The van der Waals surface area contributed by atoms with Gasteiger partial charge in [-0.3, -0.25) is 0 Å². The van der Waals surface area contributed by atoms with Crippen molar-refractivity contribution < 1.29 is 12.8 Å². The van der Waals surface area contributed by atoms with E-state index < -0.39 is 9.84 Å². The predicted molar refractivity (Wildman–Crippen MR) is 75.0 cm³/mol. The monoisotopic (exact) mass is 276 g/mol. The van der Waals surface area contributed by atoms with Gasteiger partial charge in [0.1, 0.15) is 5.82 Å². The van der Waals surface area contributed by atoms with Gasteiger partial charge in [-0.15, -0.1) is 0 Å². The molecule has 0 saturated carbocycles. The van der Waals surface area contributed by atoms with Crippen molar-refractivity contribution >= 4 is 15.9 Å². The molecule has 4 heteroatoms. The maximum absolute atomic E-state index is 13.8. The molecule has 0 aromatic heterocycles. The van der Waals surface area contributed by atoms with E-state index in [1.165, 1.54) is 18.2 Å². The van der Waals surface area contributed by atoms with Crippen molar-refractivity contribution in [1.82, 2.24) is 0 Å². The highest BCUT2D eigenvalue weighted by atomic mass is 32.2. The summed E-state index contributed by atoms with van der Waals surface area (Å²) in [6.45, 7) is 3.64. The summed E-state index contributed by atoms with van der Waals surface area (Å²) in [5, 5.41) is 0. The predicted octanol–water partition coefficient (Wildman–Crippen LogP) is 3.54. The van der Waals surface area contributed by atoms with Crippen LogP contribution in [0.25, 0.3) is 17.2 Å². The minimum Gasteiger partial charge on any atom is -0.224 e. The van der Waals surface area contributed by atoms with Crippen LogP contribution in [-0.4, -0.2) is 14.7 Å².